The number of H-pyrrole nitrogens is 1. The van der Waals surface area contributed by atoms with Gasteiger partial charge in [0.05, 0.1) is 6.10 Å². The average molecular weight is 503 g/mol. The Morgan fingerprint density at radius 3 is 2.54 bits per heavy atom. The molecule has 192 valence electrons. The van der Waals surface area contributed by atoms with Crippen molar-refractivity contribution in [3.8, 4) is 0 Å². The van der Waals surface area contributed by atoms with Crippen molar-refractivity contribution >= 4 is 23.5 Å². The van der Waals surface area contributed by atoms with Gasteiger partial charge in [0, 0.05) is 42.4 Å². The van der Waals surface area contributed by atoms with Crippen molar-refractivity contribution in [2.24, 2.45) is 34.0 Å². The number of hydrogen-bond donors (Lipinski definition) is 1. The lowest BCUT2D eigenvalue weighted by Crippen LogP contribution is -2.63. The van der Waals surface area contributed by atoms with Gasteiger partial charge in [-0.25, -0.2) is 9.78 Å². The van der Waals surface area contributed by atoms with E-state index in [0.29, 0.717) is 11.6 Å². The van der Waals surface area contributed by atoms with Crippen LogP contribution in [0.2, 0.25) is 0 Å². The molecule has 2 unspecified atom stereocenters. The molecule has 3 saturated carbocycles. The number of methoxy groups -OCH3 is 1. The molecule has 35 heavy (non-hydrogen) atoms. The minimum absolute atomic E-state index is 0.0155. The van der Waals surface area contributed by atoms with Crippen LogP contribution in [-0.2, 0) is 14.3 Å². The maximum absolute atomic E-state index is 14.0. The standard InChI is InChI=1S/C27H38N2O5S/c1-8-25(4)13-19(34-23(32)17-14-28-24(35-7)29-22(17)31)26(5)15(2)9-11-27(16(3)21(25)30)12-10-18(33-6)20(26)27/h8,14-16,18-20H,1,9-13H2,2-7H3,(H,28,29,31)/t15-,16+,18-,19-,20?,25-,26+,27?/m1/s1. The molecule has 1 aromatic heterocycles. The Hall–Kier alpha value is -1.93. The topological polar surface area (TPSA) is 98.3 Å². The molecule has 0 spiro atoms. The summed E-state index contributed by atoms with van der Waals surface area (Å²) < 4.78 is 12.3. The molecule has 8 atom stereocenters. The fourth-order valence-electron chi connectivity index (χ4n) is 7.61. The Kier molecular flexibility index (Phi) is 6.86. The normalized spacial score (nSPS) is 41.0. The monoisotopic (exact) mass is 502 g/mol. The highest BCUT2D eigenvalue weighted by Gasteiger charge is 2.68. The van der Waals surface area contributed by atoms with E-state index in [4.69, 9.17) is 9.47 Å². The second kappa shape index (κ2) is 9.18. The Bertz CT molecular complexity index is 1090. The molecule has 3 aliphatic carbocycles. The summed E-state index contributed by atoms with van der Waals surface area (Å²) >= 11 is 1.29. The number of carbonyl (C=O) groups is 2. The van der Waals surface area contributed by atoms with Gasteiger partial charge in [-0.15, -0.1) is 6.58 Å². The highest BCUT2D eigenvalue weighted by Crippen LogP contribution is 2.68. The molecule has 3 aliphatic rings. The highest BCUT2D eigenvalue weighted by atomic mass is 32.2. The van der Waals surface area contributed by atoms with Crippen LogP contribution in [0.5, 0.6) is 0 Å². The van der Waals surface area contributed by atoms with E-state index >= 15 is 0 Å². The van der Waals surface area contributed by atoms with Crippen molar-refractivity contribution in [3.05, 3.63) is 34.8 Å². The average Bonchev–Trinajstić information content (AvgIpc) is 3.25. The van der Waals surface area contributed by atoms with Crippen molar-refractivity contribution in [3.63, 3.8) is 0 Å². The van der Waals surface area contributed by atoms with E-state index in [1.54, 1.807) is 19.4 Å². The van der Waals surface area contributed by atoms with Gasteiger partial charge >= 0.3 is 5.97 Å². The minimum atomic E-state index is -0.848. The van der Waals surface area contributed by atoms with Gasteiger partial charge in [0.15, 0.2) is 5.16 Å². The number of rotatable bonds is 5. The minimum Gasteiger partial charge on any atom is -0.458 e. The number of esters is 1. The third-order valence-electron chi connectivity index (χ3n) is 9.97. The number of aromatic amines is 1. The molecule has 0 saturated heterocycles. The van der Waals surface area contributed by atoms with Crippen LogP contribution >= 0.6 is 11.8 Å². The van der Waals surface area contributed by atoms with Crippen LogP contribution < -0.4 is 5.56 Å². The number of nitrogens with one attached hydrogen (secondary N) is 1. The zero-order valence-electron chi connectivity index (χ0n) is 21.7. The summed E-state index contributed by atoms with van der Waals surface area (Å²) in [6, 6.07) is 0. The summed E-state index contributed by atoms with van der Waals surface area (Å²) in [5.41, 5.74) is -2.16. The Morgan fingerprint density at radius 1 is 1.26 bits per heavy atom. The van der Waals surface area contributed by atoms with E-state index < -0.39 is 28.5 Å². The summed E-state index contributed by atoms with van der Waals surface area (Å²) in [4.78, 5) is 46.8. The first-order valence-electron chi connectivity index (χ1n) is 12.5. The number of Topliss-reactive ketones (excluding diaryl/α,β-unsaturated/α-hetero) is 1. The molecule has 2 bridgehead atoms. The molecule has 7 nitrogen and oxygen atoms in total. The lowest BCUT2D eigenvalue weighted by atomic mass is 9.44. The van der Waals surface area contributed by atoms with E-state index in [9.17, 15) is 14.4 Å². The first-order chi connectivity index (χ1) is 16.5. The highest BCUT2D eigenvalue weighted by molar-refractivity contribution is 7.98. The van der Waals surface area contributed by atoms with Crippen molar-refractivity contribution in [2.45, 2.75) is 77.2 Å². The van der Waals surface area contributed by atoms with Gasteiger partial charge in [0.25, 0.3) is 5.56 Å². The molecule has 0 amide bonds. The zero-order valence-corrected chi connectivity index (χ0v) is 22.5. The molecular formula is C27H38N2O5S. The third kappa shape index (κ3) is 3.82. The number of thioether (sulfide) groups is 1. The second-order valence-corrected chi connectivity index (χ2v) is 12.1. The van der Waals surface area contributed by atoms with Crippen molar-refractivity contribution in [2.75, 3.05) is 13.4 Å². The van der Waals surface area contributed by atoms with Crippen LogP contribution in [0.15, 0.2) is 28.8 Å². The molecule has 0 radical (unpaired) electrons. The summed E-state index contributed by atoms with van der Waals surface area (Å²) in [6.07, 6.45) is 8.21. The van der Waals surface area contributed by atoms with Crippen LogP contribution in [-0.4, -0.2) is 47.3 Å². The summed E-state index contributed by atoms with van der Waals surface area (Å²) in [7, 11) is 1.74. The number of aromatic nitrogens is 2. The molecule has 4 rings (SSSR count). The zero-order chi connectivity index (χ0) is 25.8. The first kappa shape index (κ1) is 26.1. The molecular weight excluding hydrogens is 464 g/mol. The van der Waals surface area contributed by atoms with E-state index in [2.05, 4.69) is 37.3 Å². The van der Waals surface area contributed by atoms with Gasteiger partial charge in [0.1, 0.15) is 17.5 Å². The van der Waals surface area contributed by atoms with Crippen LogP contribution in [0, 0.1) is 34.0 Å². The number of ether oxygens (including phenoxy) is 2. The number of ketones is 1. The number of nitrogens with zero attached hydrogens (tertiary/aromatic N) is 1. The van der Waals surface area contributed by atoms with E-state index in [1.165, 1.54) is 18.0 Å². The number of hydrogen-bond acceptors (Lipinski definition) is 7. The van der Waals surface area contributed by atoms with Crippen LogP contribution in [0.3, 0.4) is 0 Å². The summed E-state index contributed by atoms with van der Waals surface area (Å²) in [6.45, 7) is 12.4. The van der Waals surface area contributed by atoms with Gasteiger partial charge in [-0.05, 0) is 50.2 Å². The SMILES string of the molecule is C=C[C@]1(C)C[C@@H](OC(=O)c2cnc(SC)[nH]c2=O)[C@@]2(C)C3[C@H](OC)CCC3(CC[C@H]2C)[C@@H](C)C1=O. The van der Waals surface area contributed by atoms with Crippen LogP contribution in [0.4, 0.5) is 0 Å². The second-order valence-electron chi connectivity index (χ2n) is 11.3. The fraction of sp³-hybridized carbons (Fsp3) is 0.704. The molecule has 8 heteroatoms. The van der Waals surface area contributed by atoms with Gasteiger partial charge in [-0.3, -0.25) is 9.59 Å². The van der Waals surface area contributed by atoms with Gasteiger partial charge in [-0.2, -0.15) is 0 Å². The van der Waals surface area contributed by atoms with Gasteiger partial charge in [0.2, 0.25) is 0 Å². The Balaban J connectivity index is 1.84. The summed E-state index contributed by atoms with van der Waals surface area (Å²) in [5, 5.41) is 0.433. The van der Waals surface area contributed by atoms with Gasteiger partial charge < -0.3 is 14.5 Å². The Morgan fingerprint density at radius 2 is 1.94 bits per heavy atom. The molecule has 1 N–H and O–H groups in total. The van der Waals surface area contributed by atoms with Crippen LogP contribution in [0.25, 0.3) is 0 Å². The molecule has 3 fully saturated rings. The van der Waals surface area contributed by atoms with E-state index in [-0.39, 0.29) is 40.6 Å². The first-order valence-corrected chi connectivity index (χ1v) is 13.8. The number of carbonyl (C=O) groups excluding carboxylic acids is 2. The molecule has 0 aliphatic heterocycles. The molecule has 0 aromatic carbocycles. The van der Waals surface area contributed by atoms with Crippen molar-refractivity contribution in [1.29, 1.82) is 0 Å². The maximum Gasteiger partial charge on any atom is 0.345 e. The predicted octanol–water partition coefficient (Wildman–Crippen LogP) is 4.67. The Labute approximate surface area is 211 Å². The summed E-state index contributed by atoms with van der Waals surface area (Å²) in [5.74, 6) is -0.412. The largest absolute Gasteiger partial charge is 0.458 e. The van der Waals surface area contributed by atoms with Crippen LogP contribution in [0.1, 0.15) is 70.2 Å². The lowest BCUT2D eigenvalue weighted by molar-refractivity contribution is -0.189. The fourth-order valence-corrected chi connectivity index (χ4v) is 7.97. The predicted molar refractivity (Wildman–Crippen MR) is 135 cm³/mol. The third-order valence-corrected chi connectivity index (χ3v) is 10.6. The molecule has 1 heterocycles. The van der Waals surface area contributed by atoms with Crippen molar-refractivity contribution in [1.82, 2.24) is 9.97 Å². The molecule has 1 aromatic rings. The number of allylic oxidation sites excluding steroid dienone is 1. The quantitative estimate of drug-likeness (QED) is 0.270. The van der Waals surface area contributed by atoms with Gasteiger partial charge in [-0.1, -0.05) is 38.6 Å². The van der Waals surface area contributed by atoms with Crippen molar-refractivity contribution < 1.29 is 19.1 Å². The lowest BCUT2D eigenvalue weighted by Gasteiger charge is -2.61. The van der Waals surface area contributed by atoms with E-state index in [0.717, 1.165) is 25.7 Å². The van der Waals surface area contributed by atoms with E-state index in [1.807, 2.05) is 6.92 Å². The smallest absolute Gasteiger partial charge is 0.345 e. The maximum atomic E-state index is 14.0.